The van der Waals surface area contributed by atoms with Gasteiger partial charge in [0, 0.05) is 19.2 Å². The van der Waals surface area contributed by atoms with Crippen LogP contribution in [0.3, 0.4) is 0 Å². The molecule has 0 aliphatic carbocycles. The van der Waals surface area contributed by atoms with Gasteiger partial charge in [0.25, 0.3) is 0 Å². The van der Waals surface area contributed by atoms with Gasteiger partial charge >= 0.3 is 0 Å². The third-order valence-corrected chi connectivity index (χ3v) is 1.99. The van der Waals surface area contributed by atoms with Crippen molar-refractivity contribution in [1.29, 1.82) is 0 Å². The van der Waals surface area contributed by atoms with Gasteiger partial charge in [-0.15, -0.1) is 5.10 Å². The number of ether oxygens (including phenoxy) is 1. The first kappa shape index (κ1) is 12.1. The van der Waals surface area contributed by atoms with Crippen LogP contribution in [0.2, 0.25) is 0 Å². The molecule has 5 nitrogen and oxygen atoms in total. The van der Waals surface area contributed by atoms with Crippen LogP contribution >= 0.6 is 0 Å². The minimum absolute atomic E-state index is 0.0105. The van der Waals surface area contributed by atoms with E-state index in [1.54, 1.807) is 0 Å². The highest BCUT2D eigenvalue weighted by Gasteiger charge is 2.14. The molecule has 1 rings (SSSR count). The van der Waals surface area contributed by atoms with Gasteiger partial charge in [0.15, 0.2) is 0 Å². The summed E-state index contributed by atoms with van der Waals surface area (Å²) < 4.78 is 7.15. The summed E-state index contributed by atoms with van der Waals surface area (Å²) in [5.41, 5.74) is 6.26. The van der Waals surface area contributed by atoms with Gasteiger partial charge in [0.2, 0.25) is 0 Å². The third-order valence-electron chi connectivity index (χ3n) is 1.99. The Balaban J connectivity index is 2.40. The molecule has 0 saturated heterocycles. The molecule has 0 saturated carbocycles. The number of nitrogens with two attached hydrogens (primary N) is 1. The average molecular weight is 212 g/mol. The highest BCUT2D eigenvalue weighted by Crippen LogP contribution is 2.11. The normalized spacial score (nSPS) is 12.0. The first-order chi connectivity index (χ1) is 7.04. The number of nitrogens with zero attached hydrogens (tertiary/aromatic N) is 3. The van der Waals surface area contributed by atoms with Crippen molar-refractivity contribution in [3.05, 3.63) is 11.9 Å². The predicted molar refractivity (Wildman–Crippen MR) is 58.6 cm³/mol. The Labute approximate surface area is 90.6 Å². The van der Waals surface area contributed by atoms with Crippen LogP contribution in [0.25, 0.3) is 0 Å². The van der Waals surface area contributed by atoms with Crippen molar-refractivity contribution in [3.63, 3.8) is 0 Å². The Morgan fingerprint density at radius 1 is 1.40 bits per heavy atom. The summed E-state index contributed by atoms with van der Waals surface area (Å²) >= 11 is 0. The van der Waals surface area contributed by atoms with Gasteiger partial charge in [0.05, 0.1) is 24.4 Å². The second-order valence-electron chi connectivity index (χ2n) is 4.48. The number of hydrogen-bond donors (Lipinski definition) is 1. The Morgan fingerprint density at radius 2 is 2.13 bits per heavy atom. The van der Waals surface area contributed by atoms with Gasteiger partial charge in [0.1, 0.15) is 0 Å². The fourth-order valence-corrected chi connectivity index (χ4v) is 1.10. The van der Waals surface area contributed by atoms with Gasteiger partial charge in [-0.3, -0.25) is 0 Å². The maximum Gasteiger partial charge on any atom is 0.0850 e. The van der Waals surface area contributed by atoms with E-state index >= 15 is 0 Å². The van der Waals surface area contributed by atoms with Crippen LogP contribution < -0.4 is 5.73 Å². The minimum atomic E-state index is -0.0105. The minimum Gasteiger partial charge on any atom is -0.380 e. The monoisotopic (exact) mass is 212 g/mol. The maximum atomic E-state index is 5.31. The van der Waals surface area contributed by atoms with E-state index in [9.17, 15) is 0 Å². The molecule has 1 aromatic rings. The number of hydrogen-bond acceptors (Lipinski definition) is 4. The summed E-state index contributed by atoms with van der Waals surface area (Å²) in [5.74, 6) is 0. The molecule has 5 heteroatoms. The second kappa shape index (κ2) is 5.23. The van der Waals surface area contributed by atoms with Crippen molar-refractivity contribution in [2.45, 2.75) is 32.7 Å². The van der Waals surface area contributed by atoms with E-state index in [1.807, 2.05) is 10.9 Å². The SMILES string of the molecule is CC(C)(C)n1cc(CCOCCN)nn1. The molecular weight excluding hydrogens is 192 g/mol. The van der Waals surface area contributed by atoms with Gasteiger partial charge < -0.3 is 10.5 Å². The van der Waals surface area contributed by atoms with Gasteiger partial charge in [-0.25, -0.2) is 4.68 Å². The van der Waals surface area contributed by atoms with Crippen LogP contribution in [-0.2, 0) is 16.7 Å². The smallest absolute Gasteiger partial charge is 0.0850 e. The zero-order chi connectivity index (χ0) is 11.3. The van der Waals surface area contributed by atoms with Crippen LogP contribution in [-0.4, -0.2) is 34.8 Å². The largest absolute Gasteiger partial charge is 0.380 e. The summed E-state index contributed by atoms with van der Waals surface area (Å²) in [4.78, 5) is 0. The second-order valence-corrected chi connectivity index (χ2v) is 4.48. The average Bonchev–Trinajstić information content (AvgIpc) is 2.60. The fourth-order valence-electron chi connectivity index (χ4n) is 1.10. The molecule has 0 bridgehead atoms. The summed E-state index contributed by atoms with van der Waals surface area (Å²) in [5, 5.41) is 8.15. The zero-order valence-corrected chi connectivity index (χ0v) is 9.73. The van der Waals surface area contributed by atoms with E-state index in [4.69, 9.17) is 10.5 Å². The molecule has 1 heterocycles. The van der Waals surface area contributed by atoms with Crippen molar-refractivity contribution in [3.8, 4) is 0 Å². The molecule has 0 radical (unpaired) electrons. The van der Waals surface area contributed by atoms with Crippen molar-refractivity contribution in [1.82, 2.24) is 15.0 Å². The summed E-state index contributed by atoms with van der Waals surface area (Å²) in [7, 11) is 0. The van der Waals surface area contributed by atoms with Crippen LogP contribution in [0, 0.1) is 0 Å². The van der Waals surface area contributed by atoms with E-state index in [-0.39, 0.29) is 5.54 Å². The Hall–Kier alpha value is -0.940. The first-order valence-corrected chi connectivity index (χ1v) is 5.23. The molecule has 0 unspecified atom stereocenters. The molecule has 0 atom stereocenters. The summed E-state index contributed by atoms with van der Waals surface area (Å²) in [6, 6.07) is 0. The van der Waals surface area contributed by atoms with Crippen LogP contribution in [0.5, 0.6) is 0 Å². The molecule has 86 valence electrons. The lowest BCUT2D eigenvalue weighted by atomic mass is 10.1. The van der Waals surface area contributed by atoms with E-state index < -0.39 is 0 Å². The highest BCUT2D eigenvalue weighted by atomic mass is 16.5. The van der Waals surface area contributed by atoms with E-state index in [1.165, 1.54) is 0 Å². The lowest BCUT2D eigenvalue weighted by Crippen LogP contribution is -2.22. The van der Waals surface area contributed by atoms with Gasteiger partial charge in [-0.1, -0.05) is 5.21 Å². The standard InChI is InChI=1S/C10H20N4O/c1-10(2,3)14-8-9(12-13-14)4-6-15-7-5-11/h8H,4-7,11H2,1-3H3. The van der Waals surface area contributed by atoms with Crippen molar-refractivity contribution in [2.75, 3.05) is 19.8 Å². The van der Waals surface area contributed by atoms with Crippen LogP contribution in [0.4, 0.5) is 0 Å². The molecule has 15 heavy (non-hydrogen) atoms. The molecule has 0 aliphatic heterocycles. The first-order valence-electron chi connectivity index (χ1n) is 5.23. The predicted octanol–water partition coefficient (Wildman–Crippen LogP) is 0.551. The van der Waals surface area contributed by atoms with Crippen LogP contribution in [0.1, 0.15) is 26.5 Å². The Bertz CT molecular complexity index is 290. The van der Waals surface area contributed by atoms with E-state index in [2.05, 4.69) is 31.1 Å². The van der Waals surface area contributed by atoms with Crippen molar-refractivity contribution in [2.24, 2.45) is 5.73 Å². The van der Waals surface area contributed by atoms with E-state index in [0.29, 0.717) is 19.8 Å². The lowest BCUT2D eigenvalue weighted by Gasteiger charge is -2.17. The molecule has 0 aromatic carbocycles. The van der Waals surface area contributed by atoms with Gasteiger partial charge in [-0.05, 0) is 20.8 Å². The topological polar surface area (TPSA) is 66.0 Å². The Morgan fingerprint density at radius 3 is 2.67 bits per heavy atom. The quantitative estimate of drug-likeness (QED) is 0.724. The molecular formula is C10H20N4O. The van der Waals surface area contributed by atoms with Crippen molar-refractivity contribution >= 4 is 0 Å². The number of aromatic nitrogens is 3. The zero-order valence-electron chi connectivity index (χ0n) is 9.73. The molecule has 0 spiro atoms. The molecule has 1 aromatic heterocycles. The third kappa shape index (κ3) is 3.97. The van der Waals surface area contributed by atoms with Crippen LogP contribution in [0.15, 0.2) is 6.20 Å². The van der Waals surface area contributed by atoms with E-state index in [0.717, 1.165) is 12.1 Å². The summed E-state index contributed by atoms with van der Waals surface area (Å²) in [6.07, 6.45) is 2.75. The molecule has 0 fully saturated rings. The Kier molecular flexibility index (Phi) is 4.23. The summed E-state index contributed by atoms with van der Waals surface area (Å²) in [6.45, 7) is 8.10. The molecule has 2 N–H and O–H groups in total. The van der Waals surface area contributed by atoms with Gasteiger partial charge in [-0.2, -0.15) is 0 Å². The maximum absolute atomic E-state index is 5.31. The number of rotatable bonds is 5. The van der Waals surface area contributed by atoms with Crippen molar-refractivity contribution < 1.29 is 4.74 Å². The highest BCUT2D eigenvalue weighted by molar-refractivity contribution is 4.94. The molecule has 0 aliphatic rings. The fraction of sp³-hybridized carbons (Fsp3) is 0.800. The lowest BCUT2D eigenvalue weighted by molar-refractivity contribution is 0.144. The molecule has 0 amide bonds.